The van der Waals surface area contributed by atoms with Crippen LogP contribution in [0.15, 0.2) is 60.8 Å². The molecule has 8 nitrogen and oxygen atoms in total. The number of rotatable bonds is 6. The molecule has 6 rings (SSSR count). The highest BCUT2D eigenvalue weighted by Gasteiger charge is 2.23. The van der Waals surface area contributed by atoms with Crippen LogP contribution in [0.3, 0.4) is 0 Å². The lowest BCUT2D eigenvalue weighted by atomic mass is 10.1. The van der Waals surface area contributed by atoms with E-state index in [1.54, 1.807) is 12.3 Å². The average Bonchev–Trinajstić information content (AvgIpc) is 3.52. The molecule has 0 spiro atoms. The molecule has 0 aliphatic carbocycles. The predicted molar refractivity (Wildman–Crippen MR) is 135 cm³/mol. The summed E-state index contributed by atoms with van der Waals surface area (Å²) in [6, 6.07) is 17.7. The summed E-state index contributed by atoms with van der Waals surface area (Å²) < 4.78 is 7.38. The van der Waals surface area contributed by atoms with Crippen LogP contribution in [0.2, 0.25) is 0 Å². The topological polar surface area (TPSA) is 92.8 Å². The van der Waals surface area contributed by atoms with Crippen molar-refractivity contribution in [2.24, 2.45) is 0 Å². The monoisotopic (exact) mass is 485 g/mol. The first-order valence-electron chi connectivity index (χ1n) is 11.5. The van der Waals surface area contributed by atoms with E-state index in [1.165, 1.54) is 11.3 Å². The van der Waals surface area contributed by atoms with Gasteiger partial charge in [0.05, 0.1) is 41.2 Å². The van der Waals surface area contributed by atoms with Crippen molar-refractivity contribution in [1.82, 2.24) is 19.6 Å². The maximum Gasteiger partial charge on any atom is 0.345 e. The van der Waals surface area contributed by atoms with Gasteiger partial charge in [0.1, 0.15) is 10.6 Å². The van der Waals surface area contributed by atoms with Crippen LogP contribution in [0.25, 0.3) is 27.1 Å². The van der Waals surface area contributed by atoms with Gasteiger partial charge in [-0.3, -0.25) is 4.98 Å². The highest BCUT2D eigenvalue weighted by molar-refractivity contribution is 7.17. The number of aryl methyl sites for hydroxylation is 2. The number of hydrogen-bond acceptors (Lipinski definition) is 7. The molecule has 1 saturated heterocycles. The fraction of sp³-hybridized carbons (Fsp3) is 0.231. The molecule has 5 heterocycles. The quantitative estimate of drug-likeness (QED) is 0.383. The van der Waals surface area contributed by atoms with Gasteiger partial charge in [-0.15, -0.1) is 11.3 Å². The van der Waals surface area contributed by atoms with Gasteiger partial charge in [-0.05, 0) is 43.2 Å². The lowest BCUT2D eigenvalue weighted by Crippen LogP contribution is -2.36. The van der Waals surface area contributed by atoms with Crippen molar-refractivity contribution >= 4 is 39.5 Å². The van der Waals surface area contributed by atoms with Crippen molar-refractivity contribution < 1.29 is 14.6 Å². The molecule has 1 aliphatic heterocycles. The summed E-state index contributed by atoms with van der Waals surface area (Å²) in [5, 5.41) is 15.2. The van der Waals surface area contributed by atoms with Crippen LogP contribution in [0, 0.1) is 0 Å². The summed E-state index contributed by atoms with van der Waals surface area (Å²) in [6.45, 7) is 2.94. The van der Waals surface area contributed by atoms with E-state index < -0.39 is 5.97 Å². The van der Waals surface area contributed by atoms with Gasteiger partial charge in [0.25, 0.3) is 0 Å². The van der Waals surface area contributed by atoms with Gasteiger partial charge in [0.2, 0.25) is 0 Å². The molecule has 4 aromatic heterocycles. The van der Waals surface area contributed by atoms with Gasteiger partial charge in [-0.2, -0.15) is 5.10 Å². The van der Waals surface area contributed by atoms with E-state index in [1.807, 2.05) is 34.8 Å². The molecule has 1 aromatic carbocycles. The second-order valence-corrected chi connectivity index (χ2v) is 9.51. The molecule has 0 saturated carbocycles. The van der Waals surface area contributed by atoms with E-state index in [2.05, 4.69) is 28.2 Å². The first-order chi connectivity index (χ1) is 17.2. The molecule has 1 fully saturated rings. The molecule has 35 heavy (non-hydrogen) atoms. The molecule has 9 heteroatoms. The van der Waals surface area contributed by atoms with E-state index in [0.29, 0.717) is 30.9 Å². The number of ether oxygens (including phenoxy) is 1. The van der Waals surface area contributed by atoms with Crippen LogP contribution < -0.4 is 4.90 Å². The van der Waals surface area contributed by atoms with Crippen LogP contribution in [0.4, 0.5) is 5.69 Å². The van der Waals surface area contributed by atoms with E-state index in [4.69, 9.17) is 14.7 Å². The number of benzene rings is 1. The summed E-state index contributed by atoms with van der Waals surface area (Å²) in [4.78, 5) is 24.8. The second-order valence-electron chi connectivity index (χ2n) is 8.42. The minimum atomic E-state index is -0.932. The SMILES string of the molecule is O=C(O)c1ccc(-c2c(CCc3ccc4ccccc4n3)nc3c(N4CCOCC4)ccnn23)s1. The lowest BCUT2D eigenvalue weighted by molar-refractivity contribution is 0.0702. The number of anilines is 1. The van der Waals surface area contributed by atoms with Crippen molar-refractivity contribution in [2.75, 3.05) is 31.2 Å². The number of fused-ring (bicyclic) bond motifs is 2. The Morgan fingerprint density at radius 2 is 1.86 bits per heavy atom. The number of thiophene rings is 1. The summed E-state index contributed by atoms with van der Waals surface area (Å²) in [7, 11) is 0. The van der Waals surface area contributed by atoms with Gasteiger partial charge >= 0.3 is 5.97 Å². The van der Waals surface area contributed by atoms with Gasteiger partial charge in [-0.1, -0.05) is 24.3 Å². The Kier molecular flexibility index (Phi) is 5.63. The van der Waals surface area contributed by atoms with E-state index in [-0.39, 0.29) is 0 Å². The van der Waals surface area contributed by atoms with Crippen molar-refractivity contribution in [3.63, 3.8) is 0 Å². The van der Waals surface area contributed by atoms with Gasteiger partial charge in [0, 0.05) is 24.2 Å². The second kappa shape index (κ2) is 9.09. The van der Waals surface area contributed by atoms with E-state index >= 15 is 0 Å². The molecule has 176 valence electrons. The minimum Gasteiger partial charge on any atom is -0.477 e. The predicted octanol–water partition coefficient (Wildman–Crippen LogP) is 4.33. The van der Waals surface area contributed by atoms with Crippen molar-refractivity contribution in [2.45, 2.75) is 12.8 Å². The molecular weight excluding hydrogens is 462 g/mol. The third-order valence-corrected chi connectivity index (χ3v) is 7.33. The Morgan fingerprint density at radius 3 is 2.69 bits per heavy atom. The Hall–Kier alpha value is -3.82. The molecule has 0 amide bonds. The molecule has 0 bridgehead atoms. The van der Waals surface area contributed by atoms with Crippen molar-refractivity contribution in [1.29, 1.82) is 0 Å². The molecule has 0 unspecified atom stereocenters. The number of carbonyl (C=O) groups is 1. The number of morpholine rings is 1. The molecule has 0 radical (unpaired) electrons. The molecule has 5 aromatic rings. The Morgan fingerprint density at radius 1 is 1.00 bits per heavy atom. The summed E-state index contributed by atoms with van der Waals surface area (Å²) in [6.07, 6.45) is 3.15. The number of hydrogen-bond donors (Lipinski definition) is 1. The normalized spacial score (nSPS) is 14.1. The number of carboxylic acids is 1. The van der Waals surface area contributed by atoms with Crippen LogP contribution in [0.5, 0.6) is 0 Å². The third kappa shape index (κ3) is 4.13. The summed E-state index contributed by atoms with van der Waals surface area (Å²) in [5.74, 6) is -0.932. The van der Waals surface area contributed by atoms with Crippen molar-refractivity contribution in [3.05, 3.63) is 77.1 Å². The fourth-order valence-electron chi connectivity index (χ4n) is 4.53. The number of aromatic carboxylic acids is 1. The Bertz CT molecular complexity index is 1540. The first kappa shape index (κ1) is 21.7. The minimum absolute atomic E-state index is 0.293. The van der Waals surface area contributed by atoms with Gasteiger partial charge in [0.15, 0.2) is 5.65 Å². The number of nitrogens with zero attached hydrogens (tertiary/aromatic N) is 5. The van der Waals surface area contributed by atoms with Crippen LogP contribution in [-0.2, 0) is 17.6 Å². The third-order valence-electron chi connectivity index (χ3n) is 6.25. The smallest absolute Gasteiger partial charge is 0.345 e. The number of aromatic nitrogens is 4. The van der Waals surface area contributed by atoms with Crippen LogP contribution in [-0.4, -0.2) is 57.0 Å². The lowest BCUT2D eigenvalue weighted by Gasteiger charge is -2.28. The van der Waals surface area contributed by atoms with Crippen LogP contribution >= 0.6 is 11.3 Å². The number of pyridine rings is 1. The molecule has 1 aliphatic rings. The summed E-state index contributed by atoms with van der Waals surface area (Å²) in [5.41, 5.74) is 5.47. The van der Waals surface area contributed by atoms with Gasteiger partial charge < -0.3 is 14.7 Å². The largest absolute Gasteiger partial charge is 0.477 e. The highest BCUT2D eigenvalue weighted by Crippen LogP contribution is 2.34. The maximum atomic E-state index is 11.6. The van der Waals surface area contributed by atoms with E-state index in [0.717, 1.165) is 57.3 Å². The first-order valence-corrected chi connectivity index (χ1v) is 12.4. The van der Waals surface area contributed by atoms with Crippen molar-refractivity contribution in [3.8, 4) is 10.6 Å². The van der Waals surface area contributed by atoms with Gasteiger partial charge in [-0.25, -0.2) is 14.3 Å². The Labute approximate surface area is 205 Å². The zero-order valence-electron chi connectivity index (χ0n) is 18.9. The zero-order valence-corrected chi connectivity index (χ0v) is 19.7. The number of carboxylic acid groups (broad SMARTS) is 1. The molecule has 0 atom stereocenters. The number of imidazole rings is 1. The molecular formula is C26H23N5O3S. The van der Waals surface area contributed by atoms with Crippen LogP contribution in [0.1, 0.15) is 21.1 Å². The standard InChI is InChI=1S/C26H23N5O3S/c32-26(33)23-10-9-22(35-23)24-20(8-7-18-6-5-17-3-1-2-4-19(17)28-18)29-25-21(11-12-27-31(24)25)30-13-15-34-16-14-30/h1-6,9-12H,7-8,13-16H2,(H,32,33). The average molecular weight is 486 g/mol. The highest BCUT2D eigenvalue weighted by atomic mass is 32.1. The zero-order chi connectivity index (χ0) is 23.8. The van der Waals surface area contributed by atoms with E-state index in [9.17, 15) is 9.90 Å². The number of para-hydroxylation sites is 1. The maximum absolute atomic E-state index is 11.6. The fourth-order valence-corrected chi connectivity index (χ4v) is 5.42. The Balaban J connectivity index is 1.42. The summed E-state index contributed by atoms with van der Waals surface area (Å²) >= 11 is 1.24. The molecule has 1 N–H and O–H groups in total.